The van der Waals surface area contributed by atoms with Crippen molar-refractivity contribution < 1.29 is 26.0 Å². The number of benzene rings is 2. The van der Waals surface area contributed by atoms with Gasteiger partial charge in [0.25, 0.3) is 0 Å². The van der Waals surface area contributed by atoms with Crippen molar-refractivity contribution in [2.45, 2.75) is 41.7 Å². The molecule has 3 rings (SSSR count). The lowest BCUT2D eigenvalue weighted by Gasteiger charge is -2.31. The molecule has 0 amide bonds. The minimum absolute atomic E-state index is 0.0000553. The summed E-state index contributed by atoms with van der Waals surface area (Å²) in [7, 11) is -7.61. The van der Waals surface area contributed by atoms with Gasteiger partial charge in [-0.2, -0.15) is 4.31 Å². The molecule has 0 bridgehead atoms. The summed E-state index contributed by atoms with van der Waals surface area (Å²) in [5, 5.41) is -0.875. The molecule has 9 heteroatoms. The van der Waals surface area contributed by atoms with E-state index in [2.05, 4.69) is 0 Å². The molecular weight excluding hydrogens is 417 g/mol. The minimum Gasteiger partial charge on any atom is -0.494 e. The third-order valence-electron chi connectivity index (χ3n) is 5.01. The molecular formula is C20H24FNO5S2. The lowest BCUT2D eigenvalue weighted by molar-refractivity contribution is 0.337. The highest BCUT2D eigenvalue weighted by Gasteiger charge is 2.37. The van der Waals surface area contributed by atoms with Gasteiger partial charge < -0.3 is 4.74 Å². The zero-order valence-corrected chi connectivity index (χ0v) is 18.0. The van der Waals surface area contributed by atoms with Gasteiger partial charge in [0.1, 0.15) is 11.6 Å². The largest absolute Gasteiger partial charge is 0.494 e. The van der Waals surface area contributed by atoms with Crippen molar-refractivity contribution >= 4 is 19.9 Å². The predicted octanol–water partition coefficient (Wildman–Crippen LogP) is 3.16. The number of ether oxygens (including phenoxy) is 1. The van der Waals surface area contributed by atoms with Crippen molar-refractivity contribution in [1.82, 2.24) is 4.31 Å². The Morgan fingerprint density at radius 2 is 1.72 bits per heavy atom. The maximum Gasteiger partial charge on any atom is 0.243 e. The van der Waals surface area contributed by atoms with Gasteiger partial charge in [-0.05, 0) is 74.7 Å². The van der Waals surface area contributed by atoms with E-state index in [0.29, 0.717) is 30.8 Å². The topological polar surface area (TPSA) is 80.8 Å². The highest BCUT2D eigenvalue weighted by atomic mass is 32.2. The molecule has 1 fully saturated rings. The third-order valence-corrected chi connectivity index (χ3v) is 9.06. The van der Waals surface area contributed by atoms with Crippen LogP contribution in [-0.4, -0.2) is 46.1 Å². The van der Waals surface area contributed by atoms with Crippen LogP contribution in [0.15, 0.2) is 52.3 Å². The molecule has 2 aromatic carbocycles. The molecule has 2 aromatic rings. The molecule has 6 nitrogen and oxygen atoms in total. The lowest BCUT2D eigenvalue weighted by Crippen LogP contribution is -2.45. The second kappa shape index (κ2) is 8.41. The summed E-state index contributed by atoms with van der Waals surface area (Å²) in [4.78, 5) is 0.110. The molecule has 0 radical (unpaired) electrons. The van der Waals surface area contributed by atoms with Gasteiger partial charge >= 0.3 is 0 Å². The fourth-order valence-electron chi connectivity index (χ4n) is 3.44. The minimum atomic E-state index is -3.85. The SMILES string of the molecule is CCOc1ccc(S(=O)(=O)N2CCCC(S(=O)(=O)c3ccc(F)cc3)C2)cc1C. The number of sulfonamides is 1. The van der Waals surface area contributed by atoms with Crippen LogP contribution in [0, 0.1) is 12.7 Å². The number of hydrogen-bond acceptors (Lipinski definition) is 5. The summed E-state index contributed by atoms with van der Waals surface area (Å²) < 4.78 is 71.9. The first-order valence-corrected chi connectivity index (χ1v) is 12.4. The molecule has 29 heavy (non-hydrogen) atoms. The zero-order valence-electron chi connectivity index (χ0n) is 16.3. The Morgan fingerprint density at radius 1 is 1.07 bits per heavy atom. The summed E-state index contributed by atoms with van der Waals surface area (Å²) in [5.74, 6) is 0.0875. The van der Waals surface area contributed by atoms with E-state index < -0.39 is 30.9 Å². The Labute approximate surface area is 171 Å². The molecule has 0 N–H and O–H groups in total. The average Bonchev–Trinajstić information content (AvgIpc) is 2.70. The average molecular weight is 442 g/mol. The number of piperidine rings is 1. The molecule has 1 aliphatic heterocycles. The highest BCUT2D eigenvalue weighted by Crippen LogP contribution is 2.29. The van der Waals surface area contributed by atoms with E-state index in [0.717, 1.165) is 12.1 Å². The second-order valence-electron chi connectivity index (χ2n) is 6.99. The molecule has 0 aliphatic carbocycles. The summed E-state index contributed by atoms with van der Waals surface area (Å²) in [6.07, 6.45) is 0.786. The van der Waals surface area contributed by atoms with Crippen LogP contribution in [0.5, 0.6) is 5.75 Å². The van der Waals surface area contributed by atoms with Gasteiger partial charge in [-0.15, -0.1) is 0 Å². The Balaban J connectivity index is 1.86. The number of nitrogens with zero attached hydrogens (tertiary/aromatic N) is 1. The van der Waals surface area contributed by atoms with E-state index in [-0.39, 0.29) is 22.9 Å². The number of halogens is 1. The molecule has 0 aromatic heterocycles. The molecule has 1 atom stereocenters. The van der Waals surface area contributed by atoms with Gasteiger partial charge in [0.15, 0.2) is 9.84 Å². The monoisotopic (exact) mass is 441 g/mol. The highest BCUT2D eigenvalue weighted by molar-refractivity contribution is 7.92. The number of hydrogen-bond donors (Lipinski definition) is 0. The van der Waals surface area contributed by atoms with Crippen molar-refractivity contribution in [3.63, 3.8) is 0 Å². The van der Waals surface area contributed by atoms with Crippen molar-refractivity contribution in [2.75, 3.05) is 19.7 Å². The van der Waals surface area contributed by atoms with E-state index in [9.17, 15) is 21.2 Å². The maximum absolute atomic E-state index is 13.1. The van der Waals surface area contributed by atoms with Crippen molar-refractivity contribution in [3.05, 3.63) is 53.8 Å². The Hall–Kier alpha value is -1.97. The number of aryl methyl sites for hydroxylation is 1. The number of rotatable bonds is 6. The van der Waals surface area contributed by atoms with Gasteiger partial charge in [-0.1, -0.05) is 0 Å². The van der Waals surface area contributed by atoms with E-state index in [1.807, 2.05) is 6.92 Å². The Kier molecular flexibility index (Phi) is 6.30. The molecule has 158 valence electrons. The van der Waals surface area contributed by atoms with Gasteiger partial charge in [0.2, 0.25) is 10.0 Å². The first-order valence-electron chi connectivity index (χ1n) is 9.39. The van der Waals surface area contributed by atoms with Crippen molar-refractivity contribution in [3.8, 4) is 5.75 Å². The first kappa shape index (κ1) is 21.7. The molecule has 1 heterocycles. The van der Waals surface area contributed by atoms with Crippen LogP contribution in [0.25, 0.3) is 0 Å². The molecule has 1 saturated heterocycles. The van der Waals surface area contributed by atoms with Crippen molar-refractivity contribution in [2.24, 2.45) is 0 Å². The van der Waals surface area contributed by atoms with E-state index in [1.54, 1.807) is 19.1 Å². The summed E-state index contributed by atoms with van der Waals surface area (Å²) in [6.45, 7) is 4.21. The summed E-state index contributed by atoms with van der Waals surface area (Å²) in [6, 6.07) is 9.24. The number of sulfone groups is 1. The smallest absolute Gasteiger partial charge is 0.243 e. The van der Waals surface area contributed by atoms with Gasteiger partial charge in [0, 0.05) is 13.1 Å². The Morgan fingerprint density at radius 3 is 2.34 bits per heavy atom. The third kappa shape index (κ3) is 4.46. The van der Waals surface area contributed by atoms with Crippen molar-refractivity contribution in [1.29, 1.82) is 0 Å². The quantitative estimate of drug-likeness (QED) is 0.644. The molecule has 0 saturated carbocycles. The van der Waals surface area contributed by atoms with E-state index in [1.165, 1.54) is 22.5 Å². The van der Waals surface area contributed by atoms with Crippen LogP contribution < -0.4 is 4.74 Å². The van der Waals surface area contributed by atoms with Crippen LogP contribution in [0.3, 0.4) is 0 Å². The molecule has 1 unspecified atom stereocenters. The fraction of sp³-hybridized carbons (Fsp3) is 0.400. The molecule has 0 spiro atoms. The summed E-state index contributed by atoms with van der Waals surface area (Å²) >= 11 is 0. The fourth-order valence-corrected chi connectivity index (χ4v) is 6.90. The van der Waals surface area contributed by atoms with Crippen LogP contribution in [0.2, 0.25) is 0 Å². The second-order valence-corrected chi connectivity index (χ2v) is 11.2. The maximum atomic E-state index is 13.1. The first-order chi connectivity index (χ1) is 13.7. The Bertz CT molecular complexity index is 1080. The molecule has 1 aliphatic rings. The van der Waals surface area contributed by atoms with E-state index >= 15 is 0 Å². The van der Waals surface area contributed by atoms with Crippen LogP contribution in [0.1, 0.15) is 25.3 Å². The lowest BCUT2D eigenvalue weighted by atomic mass is 10.2. The van der Waals surface area contributed by atoms with Crippen LogP contribution >= 0.6 is 0 Å². The van der Waals surface area contributed by atoms with E-state index in [4.69, 9.17) is 4.74 Å². The van der Waals surface area contributed by atoms with Gasteiger partial charge in [-0.25, -0.2) is 21.2 Å². The van der Waals surface area contributed by atoms with Gasteiger partial charge in [-0.3, -0.25) is 0 Å². The van der Waals surface area contributed by atoms with Crippen LogP contribution in [0.4, 0.5) is 4.39 Å². The zero-order chi connectivity index (χ0) is 21.2. The normalized spacial score (nSPS) is 18.5. The predicted molar refractivity (Wildman–Crippen MR) is 108 cm³/mol. The summed E-state index contributed by atoms with van der Waals surface area (Å²) in [5.41, 5.74) is 0.695. The van der Waals surface area contributed by atoms with Gasteiger partial charge in [0.05, 0.1) is 21.6 Å². The standard InChI is InChI=1S/C20H24FNO5S2/c1-3-27-20-11-10-18(13-15(20)2)29(25,26)22-12-4-5-19(14-22)28(23,24)17-8-6-16(21)7-9-17/h6-11,13,19H,3-5,12,14H2,1-2H3. The van der Waals surface area contributed by atoms with Crippen LogP contribution in [-0.2, 0) is 19.9 Å².